The Morgan fingerprint density at radius 1 is 1.09 bits per heavy atom. The lowest BCUT2D eigenvalue weighted by Gasteiger charge is -2.20. The highest BCUT2D eigenvalue weighted by atomic mass is 15.2. The predicted octanol–water partition coefficient (Wildman–Crippen LogP) is 0.298. The smallest absolute Gasteiger partial charge is 0.0140 e. The first kappa shape index (κ1) is 6.44. The summed E-state index contributed by atoms with van der Waals surface area (Å²) in [4.78, 5) is 2.64. The van der Waals surface area contributed by atoms with Crippen LogP contribution in [-0.2, 0) is 0 Å². The molecule has 3 saturated heterocycles. The van der Waals surface area contributed by atoms with E-state index in [1.54, 1.807) is 0 Å². The Hall–Kier alpha value is -0.0800. The quantitative estimate of drug-likeness (QED) is 0.537. The summed E-state index contributed by atoms with van der Waals surface area (Å²) in [6.45, 7) is 2.58. The molecule has 0 spiro atoms. The average molecular weight is 152 g/mol. The molecule has 3 aliphatic heterocycles. The minimum atomic E-state index is 0.931. The van der Waals surface area contributed by atoms with Crippen LogP contribution in [0, 0.1) is 11.8 Å². The van der Waals surface area contributed by atoms with Gasteiger partial charge in [-0.3, -0.25) is 4.90 Å². The molecule has 4 unspecified atom stereocenters. The van der Waals surface area contributed by atoms with E-state index in [0.717, 1.165) is 23.9 Å². The van der Waals surface area contributed by atoms with Gasteiger partial charge in [0.2, 0.25) is 0 Å². The first-order chi connectivity index (χ1) is 5.38. The van der Waals surface area contributed by atoms with Gasteiger partial charge in [-0.05, 0) is 44.8 Å². The van der Waals surface area contributed by atoms with Crippen molar-refractivity contribution in [2.75, 3.05) is 20.1 Å². The normalized spacial score (nSPS) is 55.4. The van der Waals surface area contributed by atoms with Gasteiger partial charge in [-0.1, -0.05) is 0 Å². The summed E-state index contributed by atoms with van der Waals surface area (Å²) in [6.07, 6.45) is 2.92. The summed E-state index contributed by atoms with van der Waals surface area (Å²) in [6, 6.07) is 1.86. The fourth-order valence-corrected chi connectivity index (χ4v) is 3.59. The van der Waals surface area contributed by atoms with Gasteiger partial charge in [0, 0.05) is 12.1 Å². The maximum Gasteiger partial charge on any atom is 0.0140 e. The maximum absolute atomic E-state index is 3.52. The molecule has 2 bridgehead atoms. The highest BCUT2D eigenvalue weighted by Gasteiger charge is 2.52. The number of hydrogen-bond donors (Lipinski definition) is 1. The molecule has 3 heterocycles. The van der Waals surface area contributed by atoms with E-state index >= 15 is 0 Å². The van der Waals surface area contributed by atoms with Gasteiger partial charge in [0.05, 0.1) is 0 Å². The van der Waals surface area contributed by atoms with Crippen LogP contribution < -0.4 is 5.32 Å². The van der Waals surface area contributed by atoms with E-state index in [9.17, 15) is 0 Å². The van der Waals surface area contributed by atoms with E-state index in [1.165, 1.54) is 25.9 Å². The number of nitrogens with zero attached hydrogens (tertiary/aromatic N) is 1. The predicted molar refractivity (Wildman–Crippen MR) is 44.4 cm³/mol. The molecule has 3 rings (SSSR count). The Labute approximate surface area is 68.0 Å². The summed E-state index contributed by atoms with van der Waals surface area (Å²) < 4.78 is 0. The molecule has 0 aromatic carbocycles. The summed E-state index contributed by atoms with van der Waals surface area (Å²) in [5.41, 5.74) is 0. The lowest BCUT2D eigenvalue weighted by Crippen LogP contribution is -2.30. The zero-order valence-corrected chi connectivity index (χ0v) is 7.09. The molecule has 2 heteroatoms. The van der Waals surface area contributed by atoms with Crippen molar-refractivity contribution in [2.24, 2.45) is 11.8 Å². The largest absolute Gasteiger partial charge is 0.316 e. The zero-order chi connectivity index (χ0) is 7.42. The topological polar surface area (TPSA) is 15.3 Å². The second-order valence-electron chi connectivity index (χ2n) is 4.36. The lowest BCUT2D eigenvalue weighted by molar-refractivity contribution is 0.281. The highest BCUT2D eigenvalue weighted by Crippen LogP contribution is 2.45. The molecule has 62 valence electrons. The summed E-state index contributed by atoms with van der Waals surface area (Å²) >= 11 is 0. The molecule has 0 radical (unpaired) electrons. The molecule has 0 aromatic heterocycles. The molecule has 3 fully saturated rings. The molecule has 1 N–H and O–H groups in total. The monoisotopic (exact) mass is 152 g/mol. The van der Waals surface area contributed by atoms with Crippen molar-refractivity contribution in [3.63, 3.8) is 0 Å². The lowest BCUT2D eigenvalue weighted by atomic mass is 9.82. The van der Waals surface area contributed by atoms with Gasteiger partial charge < -0.3 is 5.32 Å². The van der Waals surface area contributed by atoms with Crippen LogP contribution in [0.4, 0.5) is 0 Å². The minimum Gasteiger partial charge on any atom is -0.316 e. The van der Waals surface area contributed by atoms with Crippen LogP contribution in [0.3, 0.4) is 0 Å². The summed E-state index contributed by atoms with van der Waals surface area (Å²) in [5.74, 6) is 2.00. The van der Waals surface area contributed by atoms with E-state index in [1.807, 2.05) is 0 Å². The SMILES string of the molecule is CN1C2CCC1C1CNCC12. The maximum atomic E-state index is 3.52. The van der Waals surface area contributed by atoms with Gasteiger partial charge in [0.25, 0.3) is 0 Å². The molecular weight excluding hydrogens is 136 g/mol. The Bertz CT molecular complexity index is 153. The number of rotatable bonds is 0. The van der Waals surface area contributed by atoms with Crippen LogP contribution in [0.15, 0.2) is 0 Å². The molecule has 0 aliphatic carbocycles. The van der Waals surface area contributed by atoms with Crippen molar-refractivity contribution in [2.45, 2.75) is 24.9 Å². The zero-order valence-electron chi connectivity index (χ0n) is 7.09. The van der Waals surface area contributed by atoms with Gasteiger partial charge in [0.1, 0.15) is 0 Å². The molecular formula is C9H16N2. The fourth-order valence-electron chi connectivity index (χ4n) is 3.59. The van der Waals surface area contributed by atoms with Gasteiger partial charge in [-0.15, -0.1) is 0 Å². The minimum absolute atomic E-state index is 0.931. The molecule has 0 aromatic rings. The number of nitrogens with one attached hydrogen (secondary N) is 1. The molecule has 0 amide bonds. The number of hydrogen-bond acceptors (Lipinski definition) is 2. The van der Waals surface area contributed by atoms with Gasteiger partial charge in [-0.25, -0.2) is 0 Å². The van der Waals surface area contributed by atoms with E-state index in [-0.39, 0.29) is 0 Å². The van der Waals surface area contributed by atoms with Gasteiger partial charge in [-0.2, -0.15) is 0 Å². The van der Waals surface area contributed by atoms with Crippen LogP contribution in [0.1, 0.15) is 12.8 Å². The molecule has 3 aliphatic rings. The van der Waals surface area contributed by atoms with Crippen molar-refractivity contribution in [3.05, 3.63) is 0 Å². The van der Waals surface area contributed by atoms with Crippen LogP contribution in [-0.4, -0.2) is 37.1 Å². The van der Waals surface area contributed by atoms with Crippen molar-refractivity contribution in [1.82, 2.24) is 10.2 Å². The molecule has 0 saturated carbocycles. The molecule has 2 nitrogen and oxygen atoms in total. The van der Waals surface area contributed by atoms with Crippen molar-refractivity contribution in [3.8, 4) is 0 Å². The second-order valence-corrected chi connectivity index (χ2v) is 4.36. The summed E-state index contributed by atoms with van der Waals surface area (Å²) in [7, 11) is 2.32. The van der Waals surface area contributed by atoms with E-state index < -0.39 is 0 Å². The highest BCUT2D eigenvalue weighted by molar-refractivity contribution is 5.07. The summed E-state index contributed by atoms with van der Waals surface area (Å²) in [5, 5.41) is 3.52. The van der Waals surface area contributed by atoms with Crippen LogP contribution >= 0.6 is 0 Å². The Morgan fingerprint density at radius 2 is 1.64 bits per heavy atom. The fraction of sp³-hybridized carbons (Fsp3) is 1.00. The van der Waals surface area contributed by atoms with E-state index in [0.29, 0.717) is 0 Å². The molecule has 11 heavy (non-hydrogen) atoms. The van der Waals surface area contributed by atoms with Crippen molar-refractivity contribution < 1.29 is 0 Å². The van der Waals surface area contributed by atoms with Gasteiger partial charge >= 0.3 is 0 Å². The first-order valence-electron chi connectivity index (χ1n) is 4.80. The van der Waals surface area contributed by atoms with Crippen molar-refractivity contribution in [1.29, 1.82) is 0 Å². The van der Waals surface area contributed by atoms with E-state index in [2.05, 4.69) is 17.3 Å². The first-order valence-corrected chi connectivity index (χ1v) is 4.80. The Kier molecular flexibility index (Phi) is 1.16. The van der Waals surface area contributed by atoms with E-state index in [4.69, 9.17) is 0 Å². The van der Waals surface area contributed by atoms with Crippen molar-refractivity contribution >= 4 is 0 Å². The second kappa shape index (κ2) is 1.99. The third-order valence-electron chi connectivity index (χ3n) is 4.10. The average Bonchev–Trinajstić information content (AvgIpc) is 2.61. The van der Waals surface area contributed by atoms with Crippen LogP contribution in [0.25, 0.3) is 0 Å². The number of fused-ring (bicyclic) bond motifs is 5. The molecule has 4 atom stereocenters. The standard InChI is InChI=1S/C9H16N2/c1-11-8-2-3-9(11)7-5-10-4-6(7)8/h6-10H,2-5H2,1H3. The van der Waals surface area contributed by atoms with Gasteiger partial charge in [0.15, 0.2) is 0 Å². The Balaban J connectivity index is 1.94. The van der Waals surface area contributed by atoms with Crippen LogP contribution in [0.5, 0.6) is 0 Å². The van der Waals surface area contributed by atoms with Crippen LogP contribution in [0.2, 0.25) is 0 Å². The third-order valence-corrected chi connectivity index (χ3v) is 4.10. The Morgan fingerprint density at radius 3 is 2.18 bits per heavy atom. The third kappa shape index (κ3) is 0.651.